The average molecular weight is 305 g/mol. The second-order valence-corrected chi connectivity index (χ2v) is 4.32. The van der Waals surface area contributed by atoms with Crippen LogP contribution >= 0.6 is 0 Å². The number of alkyl halides is 3. The molecule has 0 bridgehead atoms. The van der Waals surface area contributed by atoms with E-state index < -0.39 is 12.0 Å². The molecular formula is C14H22F3N3O. The number of hydrogen-bond donors (Lipinski definition) is 1. The highest BCUT2D eigenvalue weighted by Crippen LogP contribution is 2.20. The molecule has 0 heterocycles. The van der Waals surface area contributed by atoms with Gasteiger partial charge in [-0.05, 0) is 19.3 Å². The molecule has 0 radical (unpaired) electrons. The molecule has 0 atom stereocenters. The highest BCUT2D eigenvalue weighted by Gasteiger charge is 2.39. The zero-order valence-corrected chi connectivity index (χ0v) is 12.0. The normalized spacial score (nSPS) is 11.9. The predicted molar refractivity (Wildman–Crippen MR) is 78.2 cm³/mol. The number of aliphatic imine (C=N–C) groups is 1. The van der Waals surface area contributed by atoms with Crippen molar-refractivity contribution in [3.63, 3.8) is 0 Å². The minimum absolute atomic E-state index is 0.0776. The third-order valence-corrected chi connectivity index (χ3v) is 2.61. The SMILES string of the molecule is C=CCN=C(N(CC=C)CCCCCNC=O)C(F)(F)F. The summed E-state index contributed by atoms with van der Waals surface area (Å²) in [6.45, 7) is 7.63. The van der Waals surface area contributed by atoms with Crippen molar-refractivity contribution >= 4 is 12.2 Å². The van der Waals surface area contributed by atoms with Crippen molar-refractivity contribution in [3.05, 3.63) is 25.3 Å². The first-order valence-corrected chi connectivity index (χ1v) is 6.72. The highest BCUT2D eigenvalue weighted by molar-refractivity contribution is 5.87. The van der Waals surface area contributed by atoms with Gasteiger partial charge < -0.3 is 10.2 Å². The van der Waals surface area contributed by atoms with Crippen molar-refractivity contribution in [1.82, 2.24) is 10.2 Å². The van der Waals surface area contributed by atoms with Crippen LogP contribution in [0.2, 0.25) is 0 Å². The van der Waals surface area contributed by atoms with Gasteiger partial charge in [0.25, 0.3) is 0 Å². The molecule has 1 N–H and O–H groups in total. The lowest BCUT2D eigenvalue weighted by molar-refractivity contribution is -0.109. The summed E-state index contributed by atoms with van der Waals surface area (Å²) in [4.78, 5) is 14.8. The zero-order chi connectivity index (χ0) is 16.1. The number of hydrogen-bond acceptors (Lipinski definition) is 2. The van der Waals surface area contributed by atoms with Crippen LogP contribution < -0.4 is 5.32 Å². The van der Waals surface area contributed by atoms with Crippen molar-refractivity contribution < 1.29 is 18.0 Å². The molecule has 0 fully saturated rings. The first kappa shape index (κ1) is 19.2. The molecule has 0 aromatic carbocycles. The van der Waals surface area contributed by atoms with Crippen LogP contribution in [0.4, 0.5) is 13.2 Å². The van der Waals surface area contributed by atoms with E-state index in [-0.39, 0.29) is 19.6 Å². The Bertz CT molecular complexity index is 354. The van der Waals surface area contributed by atoms with Crippen molar-refractivity contribution in [2.75, 3.05) is 26.2 Å². The molecule has 0 saturated carbocycles. The molecule has 0 aliphatic carbocycles. The molecule has 1 amide bonds. The molecule has 0 rings (SSSR count). The Kier molecular flexibility index (Phi) is 10.0. The quantitative estimate of drug-likeness (QED) is 0.210. The van der Waals surface area contributed by atoms with E-state index in [1.54, 1.807) is 0 Å². The van der Waals surface area contributed by atoms with Crippen molar-refractivity contribution in [2.45, 2.75) is 25.4 Å². The number of halogens is 3. The molecule has 21 heavy (non-hydrogen) atoms. The summed E-state index contributed by atoms with van der Waals surface area (Å²) in [5.74, 6) is -0.895. The lowest BCUT2D eigenvalue weighted by Gasteiger charge is -2.26. The minimum atomic E-state index is -4.49. The van der Waals surface area contributed by atoms with Gasteiger partial charge >= 0.3 is 6.18 Å². The van der Waals surface area contributed by atoms with Gasteiger partial charge in [0, 0.05) is 19.6 Å². The first-order chi connectivity index (χ1) is 9.97. The Morgan fingerprint density at radius 2 is 1.90 bits per heavy atom. The van der Waals surface area contributed by atoms with Gasteiger partial charge in [0.1, 0.15) is 0 Å². The summed E-state index contributed by atoms with van der Waals surface area (Å²) in [7, 11) is 0. The number of carbonyl (C=O) groups excluding carboxylic acids is 1. The second-order valence-electron chi connectivity index (χ2n) is 4.32. The molecule has 0 aliphatic heterocycles. The summed E-state index contributed by atoms with van der Waals surface area (Å²) >= 11 is 0. The fourth-order valence-electron chi connectivity index (χ4n) is 1.72. The lowest BCUT2D eigenvalue weighted by atomic mass is 10.2. The summed E-state index contributed by atoms with van der Waals surface area (Å²) in [5, 5.41) is 2.51. The number of unbranched alkanes of at least 4 members (excludes halogenated alkanes) is 2. The molecule has 0 spiro atoms. The second kappa shape index (κ2) is 10.9. The number of rotatable bonds is 11. The molecule has 0 saturated heterocycles. The van der Waals surface area contributed by atoms with E-state index >= 15 is 0 Å². The topological polar surface area (TPSA) is 44.7 Å². The van der Waals surface area contributed by atoms with Gasteiger partial charge in [-0.25, -0.2) is 0 Å². The van der Waals surface area contributed by atoms with E-state index in [9.17, 15) is 18.0 Å². The van der Waals surface area contributed by atoms with Crippen molar-refractivity contribution in [2.24, 2.45) is 4.99 Å². The molecule has 0 unspecified atom stereocenters. The van der Waals surface area contributed by atoms with Gasteiger partial charge in [-0.3, -0.25) is 9.79 Å². The Labute approximate surface area is 123 Å². The Morgan fingerprint density at radius 1 is 1.19 bits per heavy atom. The predicted octanol–water partition coefficient (Wildman–Crippen LogP) is 2.54. The molecule has 7 heteroatoms. The third-order valence-electron chi connectivity index (χ3n) is 2.61. The maximum Gasteiger partial charge on any atom is 0.449 e. The van der Waals surface area contributed by atoms with Crippen LogP contribution in [0.15, 0.2) is 30.3 Å². The fourth-order valence-corrected chi connectivity index (χ4v) is 1.72. The molecular weight excluding hydrogens is 283 g/mol. The van der Waals surface area contributed by atoms with E-state index in [1.165, 1.54) is 17.1 Å². The van der Waals surface area contributed by atoms with Crippen molar-refractivity contribution in [1.29, 1.82) is 0 Å². The van der Waals surface area contributed by atoms with E-state index in [0.717, 1.165) is 12.8 Å². The zero-order valence-electron chi connectivity index (χ0n) is 12.0. The fraction of sp³-hybridized carbons (Fsp3) is 0.571. The molecule has 0 aliphatic rings. The number of nitrogens with one attached hydrogen (secondary N) is 1. The monoisotopic (exact) mass is 305 g/mol. The van der Waals surface area contributed by atoms with Crippen LogP contribution in [0.5, 0.6) is 0 Å². The van der Waals surface area contributed by atoms with E-state index in [1.807, 2.05) is 0 Å². The van der Waals surface area contributed by atoms with E-state index in [2.05, 4.69) is 23.5 Å². The number of carbonyl (C=O) groups is 1. The van der Waals surface area contributed by atoms with Gasteiger partial charge in [0.05, 0.1) is 6.54 Å². The maximum atomic E-state index is 13.0. The van der Waals surface area contributed by atoms with Crippen LogP contribution in [-0.4, -0.2) is 49.5 Å². The largest absolute Gasteiger partial charge is 0.449 e. The number of nitrogens with zero attached hydrogens (tertiary/aromatic N) is 2. The number of amidine groups is 1. The standard InChI is InChI=1S/C14H22F3N3O/c1-3-8-19-13(14(15,16)17)20(10-4-2)11-7-5-6-9-18-12-21/h3-4,12H,1-2,5-11H2,(H,18,21). The third kappa shape index (κ3) is 8.88. The Balaban J connectivity index is 4.56. The summed E-state index contributed by atoms with van der Waals surface area (Å²) in [6.07, 6.45) is 0.884. The Morgan fingerprint density at radius 3 is 2.43 bits per heavy atom. The highest BCUT2D eigenvalue weighted by atomic mass is 19.4. The summed E-state index contributed by atoms with van der Waals surface area (Å²) < 4.78 is 39.0. The maximum absolute atomic E-state index is 13.0. The molecule has 4 nitrogen and oxygen atoms in total. The minimum Gasteiger partial charge on any atom is -0.359 e. The van der Waals surface area contributed by atoms with Crippen LogP contribution in [0.25, 0.3) is 0 Å². The summed E-state index contributed by atoms with van der Waals surface area (Å²) in [5.41, 5.74) is 0. The van der Waals surface area contributed by atoms with Gasteiger partial charge in [-0.2, -0.15) is 13.2 Å². The average Bonchev–Trinajstić information content (AvgIpc) is 2.41. The van der Waals surface area contributed by atoms with Gasteiger partial charge in [0.2, 0.25) is 12.2 Å². The Hall–Kier alpha value is -1.79. The molecule has 0 aromatic rings. The van der Waals surface area contributed by atoms with Crippen LogP contribution in [0.3, 0.4) is 0 Å². The van der Waals surface area contributed by atoms with Gasteiger partial charge in [-0.15, -0.1) is 13.2 Å². The lowest BCUT2D eigenvalue weighted by Crippen LogP contribution is -2.42. The molecule has 120 valence electrons. The van der Waals surface area contributed by atoms with Gasteiger partial charge in [0.15, 0.2) is 0 Å². The van der Waals surface area contributed by atoms with Gasteiger partial charge in [-0.1, -0.05) is 12.2 Å². The van der Waals surface area contributed by atoms with E-state index in [0.29, 0.717) is 19.4 Å². The molecule has 0 aromatic heterocycles. The first-order valence-electron chi connectivity index (χ1n) is 6.72. The van der Waals surface area contributed by atoms with Crippen LogP contribution in [0, 0.1) is 0 Å². The van der Waals surface area contributed by atoms with Crippen LogP contribution in [0.1, 0.15) is 19.3 Å². The van der Waals surface area contributed by atoms with Crippen molar-refractivity contribution in [3.8, 4) is 0 Å². The van der Waals surface area contributed by atoms with Crippen LogP contribution in [-0.2, 0) is 4.79 Å². The summed E-state index contributed by atoms with van der Waals surface area (Å²) in [6, 6.07) is 0. The smallest absolute Gasteiger partial charge is 0.359 e. The number of amides is 1. The van der Waals surface area contributed by atoms with E-state index in [4.69, 9.17) is 0 Å².